The summed E-state index contributed by atoms with van der Waals surface area (Å²) in [5.74, 6) is -0.155. The average molecular weight is 463 g/mol. The van der Waals surface area contributed by atoms with E-state index in [1.54, 1.807) is 23.9 Å². The van der Waals surface area contributed by atoms with Crippen LogP contribution >= 0.6 is 37.2 Å². The van der Waals surface area contributed by atoms with Gasteiger partial charge in [0.1, 0.15) is 5.69 Å². The van der Waals surface area contributed by atoms with Crippen molar-refractivity contribution in [3.05, 3.63) is 18.0 Å². The van der Waals surface area contributed by atoms with Crippen LogP contribution in [0.1, 0.15) is 16.9 Å². The molecule has 1 amide bonds. The zero-order chi connectivity index (χ0) is 13.4. The molecule has 0 radical (unpaired) electrons. The van der Waals surface area contributed by atoms with Crippen LogP contribution in [-0.2, 0) is 7.05 Å². The van der Waals surface area contributed by atoms with Gasteiger partial charge in [-0.3, -0.25) is 10.2 Å². The molecule has 0 aromatic carbocycles. The number of halogens is 2. The van der Waals surface area contributed by atoms with Gasteiger partial charge in [-0.1, -0.05) is 0 Å². The number of hydrogen-bond donors (Lipinski definition) is 4. The number of carbonyl (C=O) groups is 1. The fraction of sp³-hybridized carbons (Fsp3) is 0.333. The van der Waals surface area contributed by atoms with E-state index in [1.165, 1.54) is 0 Å². The quantitative estimate of drug-likeness (QED) is 0.308. The van der Waals surface area contributed by atoms with Gasteiger partial charge < -0.3 is 21.4 Å². The van der Waals surface area contributed by atoms with Crippen molar-refractivity contribution in [2.75, 3.05) is 12.3 Å². The van der Waals surface area contributed by atoms with Gasteiger partial charge in [-0.2, -0.15) is 0 Å². The Morgan fingerprint density at radius 2 is 2.18 bits per heavy atom. The smallest absolute Gasteiger partial charge is 0.267 e. The molecule has 6 nitrogen and oxygen atoms in total. The Hall–Kier alpha value is -0.520. The van der Waals surface area contributed by atoms with Crippen molar-refractivity contribution in [2.45, 2.75) is 6.42 Å². The molecule has 1 aromatic rings. The maximum Gasteiger partial charge on any atom is 0.267 e. The molecule has 0 unspecified atom stereocenters. The monoisotopic (exact) mass is 463 g/mol. The first-order valence-electron chi connectivity index (χ1n) is 4.68. The summed E-state index contributed by atoms with van der Waals surface area (Å²) < 4.78 is 1.65. The first-order valence-corrected chi connectivity index (χ1v) is 11.0. The Bertz CT molecular complexity index is 391. The molecule has 0 saturated carbocycles. The number of rotatable bonds is 4. The molecule has 0 spiro atoms. The maximum atomic E-state index is 11.6. The number of nitrogen functional groups attached to an aromatic ring is 1. The van der Waals surface area contributed by atoms with Crippen LogP contribution in [0.15, 0.2) is 12.3 Å². The molecule has 0 bridgehead atoms. The normalized spacial score (nSPS) is 9.12. The number of nitrogens with two attached hydrogens (primary N) is 2. The van der Waals surface area contributed by atoms with E-state index in [0.717, 1.165) is 0 Å². The van der Waals surface area contributed by atoms with Gasteiger partial charge in [0.15, 0.2) is 0 Å². The zero-order valence-electron chi connectivity index (χ0n) is 9.34. The van der Waals surface area contributed by atoms with Crippen molar-refractivity contribution in [1.29, 1.82) is 5.41 Å². The molecule has 1 aromatic heterocycles. The minimum Gasteiger partial charge on any atom is -0.397 e. The van der Waals surface area contributed by atoms with Gasteiger partial charge in [0, 0.05) is 63.4 Å². The molecule has 0 aliphatic carbocycles. The lowest BCUT2D eigenvalue weighted by atomic mass is 10.3. The molecule has 0 aliphatic heterocycles. The fourth-order valence-corrected chi connectivity index (χ4v) is 1.22. The topological polar surface area (TPSA) is 110 Å². The predicted octanol–water partition coefficient (Wildman–Crippen LogP) is 1.43. The van der Waals surface area contributed by atoms with Crippen LogP contribution in [0.5, 0.6) is 0 Å². The second kappa shape index (κ2) is 8.55. The molecule has 0 aliphatic rings. The molecule has 0 atom stereocenters. The van der Waals surface area contributed by atoms with Crippen LogP contribution in [0.25, 0.3) is 0 Å². The number of aryl methyl sites for hydroxylation is 1. The highest BCUT2D eigenvalue weighted by Crippen LogP contribution is 2.07. The first kappa shape index (κ1) is 16.5. The van der Waals surface area contributed by atoms with Crippen molar-refractivity contribution in [3.63, 3.8) is 0 Å². The Kier molecular flexibility index (Phi) is 8.29. The molecule has 6 N–H and O–H groups in total. The van der Waals surface area contributed by atoms with E-state index < -0.39 is 0 Å². The van der Waals surface area contributed by atoms with E-state index in [2.05, 4.69) is 42.5 Å². The van der Waals surface area contributed by atoms with Gasteiger partial charge in [-0.25, -0.2) is 0 Å². The SMILES string of the molecule is Cn1cc(N)cc1C(=O)NCCC(=N)N.II. The Morgan fingerprint density at radius 3 is 2.59 bits per heavy atom. The number of anilines is 1. The largest absolute Gasteiger partial charge is 0.397 e. The summed E-state index contributed by atoms with van der Waals surface area (Å²) in [5, 5.41) is 9.64. The van der Waals surface area contributed by atoms with Crippen molar-refractivity contribution in [3.8, 4) is 0 Å². The van der Waals surface area contributed by atoms with Crippen molar-refractivity contribution < 1.29 is 4.79 Å². The van der Waals surface area contributed by atoms with Gasteiger partial charge in [0.2, 0.25) is 0 Å². The van der Waals surface area contributed by atoms with Crippen LogP contribution in [0.3, 0.4) is 0 Å². The molecule has 96 valence electrons. The van der Waals surface area contributed by atoms with Crippen molar-refractivity contribution in [2.24, 2.45) is 12.8 Å². The zero-order valence-corrected chi connectivity index (χ0v) is 13.7. The van der Waals surface area contributed by atoms with E-state index in [-0.39, 0.29) is 11.7 Å². The first-order chi connectivity index (χ1) is 8.00. The third kappa shape index (κ3) is 6.10. The number of aromatic nitrogens is 1. The van der Waals surface area contributed by atoms with Gasteiger partial charge in [0.05, 0.1) is 11.5 Å². The lowest BCUT2D eigenvalue weighted by molar-refractivity contribution is 0.0946. The third-order valence-corrected chi connectivity index (χ3v) is 1.94. The van der Waals surface area contributed by atoms with Crippen LogP contribution in [0, 0.1) is 5.41 Å². The summed E-state index contributed by atoms with van der Waals surface area (Å²) in [5.41, 5.74) is 11.7. The van der Waals surface area contributed by atoms with E-state index in [4.69, 9.17) is 16.9 Å². The lowest BCUT2D eigenvalue weighted by Crippen LogP contribution is -2.28. The third-order valence-electron chi connectivity index (χ3n) is 1.94. The molecular formula is C9H15I2N5O. The van der Waals surface area contributed by atoms with Crippen LogP contribution in [-0.4, -0.2) is 22.9 Å². The Labute approximate surface area is 123 Å². The number of amides is 1. The fourth-order valence-electron chi connectivity index (χ4n) is 1.22. The van der Waals surface area contributed by atoms with E-state index in [9.17, 15) is 4.79 Å². The second-order valence-corrected chi connectivity index (χ2v) is 3.30. The van der Waals surface area contributed by atoms with Crippen LogP contribution in [0.4, 0.5) is 5.69 Å². The minimum atomic E-state index is -0.213. The molecule has 1 rings (SSSR count). The van der Waals surface area contributed by atoms with E-state index in [0.29, 0.717) is 24.3 Å². The second-order valence-electron chi connectivity index (χ2n) is 3.30. The highest BCUT2D eigenvalue weighted by atomic mass is 128. The standard InChI is InChI=1S/C9H15N5O.I2/c1-14-5-6(10)4-7(14)9(15)13-3-2-8(11)12;1-2/h4-5H,2-3,10H2,1H3,(H3,11,12)(H,13,15);. The molecule has 0 saturated heterocycles. The van der Waals surface area contributed by atoms with Gasteiger partial charge in [0.25, 0.3) is 5.91 Å². The van der Waals surface area contributed by atoms with Gasteiger partial charge in [-0.05, 0) is 6.07 Å². The van der Waals surface area contributed by atoms with Crippen molar-refractivity contribution >= 4 is 54.7 Å². The summed E-state index contributed by atoms with van der Waals surface area (Å²) in [7, 11) is 1.75. The number of carbonyl (C=O) groups excluding carboxylic acids is 1. The van der Waals surface area contributed by atoms with E-state index >= 15 is 0 Å². The van der Waals surface area contributed by atoms with Gasteiger partial charge in [-0.15, -0.1) is 0 Å². The van der Waals surface area contributed by atoms with Gasteiger partial charge >= 0.3 is 0 Å². The summed E-state index contributed by atoms with van der Waals surface area (Å²) >= 11 is 4.24. The number of nitrogens with zero attached hydrogens (tertiary/aromatic N) is 1. The molecule has 1 heterocycles. The van der Waals surface area contributed by atoms with Crippen LogP contribution < -0.4 is 16.8 Å². The molecular weight excluding hydrogens is 448 g/mol. The highest BCUT2D eigenvalue weighted by molar-refractivity contribution is 15.0. The summed E-state index contributed by atoms with van der Waals surface area (Å²) in [6.45, 7) is 0.360. The minimum absolute atomic E-state index is 0.0571. The predicted molar refractivity (Wildman–Crippen MR) is 86.7 cm³/mol. The lowest BCUT2D eigenvalue weighted by Gasteiger charge is -2.04. The molecule has 17 heavy (non-hydrogen) atoms. The maximum absolute atomic E-state index is 11.6. The van der Waals surface area contributed by atoms with Crippen LogP contribution in [0.2, 0.25) is 0 Å². The summed E-state index contributed by atoms with van der Waals surface area (Å²) in [6.07, 6.45) is 2.02. The highest BCUT2D eigenvalue weighted by Gasteiger charge is 2.09. The number of hydrogen-bond acceptors (Lipinski definition) is 3. The summed E-state index contributed by atoms with van der Waals surface area (Å²) in [4.78, 5) is 11.6. The Balaban J connectivity index is 0.00000121. The Morgan fingerprint density at radius 1 is 1.59 bits per heavy atom. The number of amidine groups is 1. The molecule has 8 heteroatoms. The molecule has 0 fully saturated rings. The average Bonchev–Trinajstić information content (AvgIpc) is 2.60. The summed E-state index contributed by atoms with van der Waals surface area (Å²) in [6, 6.07) is 1.60. The number of nitrogens with one attached hydrogen (secondary N) is 2. The van der Waals surface area contributed by atoms with Crippen molar-refractivity contribution in [1.82, 2.24) is 9.88 Å². The van der Waals surface area contributed by atoms with E-state index in [1.807, 2.05) is 0 Å².